The molecule has 0 spiro atoms. The van der Waals surface area contributed by atoms with Crippen molar-refractivity contribution in [3.05, 3.63) is 66.9 Å². The van der Waals surface area contributed by atoms with E-state index in [0.29, 0.717) is 36.0 Å². The molecule has 2 heterocycles. The molecule has 1 aliphatic rings. The van der Waals surface area contributed by atoms with Crippen LogP contribution in [0, 0.1) is 0 Å². The first-order valence-corrected chi connectivity index (χ1v) is 11.7. The molecule has 2 amide bonds. The molecule has 4 N–H and O–H groups in total. The number of amides is 2. The molecule has 0 aliphatic carbocycles. The van der Waals surface area contributed by atoms with Crippen LogP contribution in [0.15, 0.2) is 61.3 Å². The molecule has 0 radical (unpaired) electrons. The Balaban J connectivity index is 1.63. The first-order chi connectivity index (χ1) is 18.0. The van der Waals surface area contributed by atoms with E-state index < -0.39 is 0 Å². The number of aromatic nitrogens is 2. The lowest BCUT2D eigenvalue weighted by Gasteiger charge is -2.29. The number of hydrogen-bond donors (Lipinski definition) is 4. The number of benzene rings is 2. The van der Waals surface area contributed by atoms with Crippen molar-refractivity contribution in [2.75, 3.05) is 61.3 Å². The van der Waals surface area contributed by atoms with E-state index in [9.17, 15) is 9.59 Å². The predicted octanol–water partition coefficient (Wildman–Crippen LogP) is 3.29. The molecule has 3 aromatic rings. The summed E-state index contributed by atoms with van der Waals surface area (Å²) < 4.78 is 11.1. The fourth-order valence-corrected chi connectivity index (χ4v) is 3.77. The van der Waals surface area contributed by atoms with Crippen LogP contribution in [-0.4, -0.2) is 62.2 Å². The molecule has 192 valence electrons. The van der Waals surface area contributed by atoms with Gasteiger partial charge >= 0.3 is 0 Å². The molecule has 1 aliphatic heterocycles. The molecular weight excluding hydrogens is 474 g/mol. The van der Waals surface area contributed by atoms with E-state index >= 15 is 0 Å². The quantitative estimate of drug-likeness (QED) is 0.325. The highest BCUT2D eigenvalue weighted by atomic mass is 16.5. The van der Waals surface area contributed by atoms with Crippen molar-refractivity contribution in [1.29, 1.82) is 0 Å². The Labute approximate surface area is 214 Å². The fraction of sp³-hybridized carbons (Fsp3) is 0.231. The van der Waals surface area contributed by atoms with Crippen molar-refractivity contribution < 1.29 is 19.1 Å². The second-order valence-corrected chi connectivity index (χ2v) is 8.01. The average molecular weight is 504 g/mol. The van der Waals surface area contributed by atoms with Gasteiger partial charge in [0.2, 0.25) is 11.9 Å². The number of para-hydroxylation sites is 2. The summed E-state index contributed by atoms with van der Waals surface area (Å²) in [6.07, 6.45) is 2.60. The SMILES string of the molecule is C=CC(=O)Nc1ccccc1Nc1nc(Nc2ccc(N3CCOCC3)cc2OC)ncc1C(=O)NC. The maximum Gasteiger partial charge on any atom is 0.256 e. The number of ether oxygens (including phenoxy) is 2. The lowest BCUT2D eigenvalue weighted by Crippen LogP contribution is -2.36. The first kappa shape index (κ1) is 25.5. The van der Waals surface area contributed by atoms with Crippen LogP contribution < -0.4 is 30.9 Å². The monoisotopic (exact) mass is 503 g/mol. The van der Waals surface area contributed by atoms with Crippen molar-refractivity contribution in [2.24, 2.45) is 0 Å². The van der Waals surface area contributed by atoms with Crippen LogP contribution in [0.4, 0.5) is 34.5 Å². The van der Waals surface area contributed by atoms with Gasteiger partial charge in [-0.05, 0) is 30.3 Å². The zero-order valence-electron chi connectivity index (χ0n) is 20.7. The molecule has 11 nitrogen and oxygen atoms in total. The Morgan fingerprint density at radius 1 is 1.08 bits per heavy atom. The van der Waals surface area contributed by atoms with Gasteiger partial charge in [0, 0.05) is 38.1 Å². The summed E-state index contributed by atoms with van der Waals surface area (Å²) in [6.45, 7) is 6.47. The van der Waals surface area contributed by atoms with Gasteiger partial charge in [0.25, 0.3) is 5.91 Å². The highest BCUT2D eigenvalue weighted by Crippen LogP contribution is 2.33. The molecule has 4 rings (SSSR count). The minimum atomic E-state index is -0.367. The number of nitrogens with one attached hydrogen (secondary N) is 4. The predicted molar refractivity (Wildman–Crippen MR) is 143 cm³/mol. The lowest BCUT2D eigenvalue weighted by molar-refractivity contribution is -0.111. The standard InChI is InChI=1S/C26H29N7O4/c1-4-23(34)29-19-7-5-6-8-20(19)30-24-18(25(35)27-2)16-28-26(32-24)31-21-10-9-17(15-22(21)36-3)33-11-13-37-14-12-33/h4-10,15-16H,1,11-14H2,2-3H3,(H,27,35)(H,29,34)(H2,28,30,31,32). The summed E-state index contributed by atoms with van der Waals surface area (Å²) >= 11 is 0. The number of morpholine rings is 1. The van der Waals surface area contributed by atoms with Gasteiger partial charge in [-0.15, -0.1) is 0 Å². The van der Waals surface area contributed by atoms with E-state index in [1.165, 1.54) is 19.3 Å². The van der Waals surface area contributed by atoms with Crippen LogP contribution in [0.2, 0.25) is 0 Å². The summed E-state index contributed by atoms with van der Waals surface area (Å²) in [5.41, 5.74) is 2.97. The summed E-state index contributed by atoms with van der Waals surface area (Å²) in [6, 6.07) is 12.9. The van der Waals surface area contributed by atoms with Gasteiger partial charge in [-0.25, -0.2) is 4.98 Å². The molecular formula is C26H29N7O4. The first-order valence-electron chi connectivity index (χ1n) is 11.7. The molecule has 2 aromatic carbocycles. The van der Waals surface area contributed by atoms with Gasteiger partial charge in [-0.3, -0.25) is 9.59 Å². The molecule has 0 unspecified atom stereocenters. The van der Waals surface area contributed by atoms with Crippen molar-refractivity contribution >= 4 is 46.3 Å². The molecule has 0 bridgehead atoms. The largest absolute Gasteiger partial charge is 0.494 e. The number of nitrogens with zero attached hydrogens (tertiary/aromatic N) is 3. The highest BCUT2D eigenvalue weighted by molar-refractivity contribution is 6.03. The summed E-state index contributed by atoms with van der Waals surface area (Å²) in [7, 11) is 3.12. The topological polar surface area (TPSA) is 130 Å². The van der Waals surface area contributed by atoms with Gasteiger partial charge in [0.05, 0.1) is 37.4 Å². The Kier molecular flexibility index (Phi) is 8.16. The molecule has 37 heavy (non-hydrogen) atoms. The summed E-state index contributed by atoms with van der Waals surface area (Å²) in [5.74, 6) is 0.392. The Morgan fingerprint density at radius 2 is 1.84 bits per heavy atom. The van der Waals surface area contributed by atoms with Crippen molar-refractivity contribution in [2.45, 2.75) is 0 Å². The van der Waals surface area contributed by atoms with Gasteiger partial charge < -0.3 is 35.6 Å². The third-order valence-corrected chi connectivity index (χ3v) is 5.69. The molecule has 11 heteroatoms. The van der Waals surface area contributed by atoms with E-state index in [0.717, 1.165) is 18.8 Å². The van der Waals surface area contributed by atoms with Crippen LogP contribution in [-0.2, 0) is 9.53 Å². The van der Waals surface area contributed by atoms with Gasteiger partial charge in [-0.2, -0.15) is 4.98 Å². The van der Waals surface area contributed by atoms with Crippen molar-refractivity contribution in [3.63, 3.8) is 0 Å². The van der Waals surface area contributed by atoms with E-state index in [1.54, 1.807) is 31.4 Å². The molecule has 0 saturated carbocycles. The van der Waals surface area contributed by atoms with E-state index in [2.05, 4.69) is 42.7 Å². The Bertz CT molecular complexity index is 1290. The highest BCUT2D eigenvalue weighted by Gasteiger charge is 2.18. The maximum absolute atomic E-state index is 12.5. The van der Waals surface area contributed by atoms with Gasteiger partial charge in [0.15, 0.2) is 0 Å². The normalized spacial score (nSPS) is 12.9. The zero-order chi connectivity index (χ0) is 26.2. The fourth-order valence-electron chi connectivity index (χ4n) is 3.77. The zero-order valence-corrected chi connectivity index (χ0v) is 20.7. The Hall–Kier alpha value is -4.64. The number of rotatable bonds is 9. The molecule has 1 saturated heterocycles. The maximum atomic E-state index is 12.5. The van der Waals surface area contributed by atoms with E-state index in [-0.39, 0.29) is 29.1 Å². The van der Waals surface area contributed by atoms with Crippen LogP contribution in [0.1, 0.15) is 10.4 Å². The molecule has 1 aromatic heterocycles. The van der Waals surface area contributed by atoms with Crippen LogP contribution in [0.3, 0.4) is 0 Å². The third kappa shape index (κ3) is 6.14. The van der Waals surface area contributed by atoms with Crippen molar-refractivity contribution in [3.8, 4) is 5.75 Å². The summed E-state index contributed by atoms with van der Waals surface area (Å²) in [4.78, 5) is 35.5. The second kappa shape index (κ2) is 11.9. The third-order valence-electron chi connectivity index (χ3n) is 5.69. The van der Waals surface area contributed by atoms with Gasteiger partial charge in [0.1, 0.15) is 17.1 Å². The Morgan fingerprint density at radius 3 is 2.54 bits per heavy atom. The molecule has 1 fully saturated rings. The number of methoxy groups -OCH3 is 1. The van der Waals surface area contributed by atoms with Crippen LogP contribution >= 0.6 is 0 Å². The second-order valence-electron chi connectivity index (χ2n) is 8.01. The minimum absolute atomic E-state index is 0.229. The van der Waals surface area contributed by atoms with Crippen LogP contribution in [0.5, 0.6) is 5.75 Å². The van der Waals surface area contributed by atoms with E-state index in [4.69, 9.17) is 9.47 Å². The number of carbonyl (C=O) groups is 2. The minimum Gasteiger partial charge on any atom is -0.494 e. The molecule has 0 atom stereocenters. The van der Waals surface area contributed by atoms with Crippen LogP contribution in [0.25, 0.3) is 0 Å². The summed E-state index contributed by atoms with van der Waals surface area (Å²) in [5, 5.41) is 11.6. The number of anilines is 6. The van der Waals surface area contributed by atoms with Crippen molar-refractivity contribution in [1.82, 2.24) is 15.3 Å². The average Bonchev–Trinajstić information content (AvgIpc) is 2.94. The lowest BCUT2D eigenvalue weighted by atomic mass is 10.2. The smallest absolute Gasteiger partial charge is 0.256 e. The number of hydrogen-bond acceptors (Lipinski definition) is 9. The van der Waals surface area contributed by atoms with E-state index in [1.807, 2.05) is 18.2 Å². The number of carbonyl (C=O) groups excluding carboxylic acids is 2. The van der Waals surface area contributed by atoms with Gasteiger partial charge in [-0.1, -0.05) is 18.7 Å².